The predicted molar refractivity (Wildman–Crippen MR) is 104 cm³/mol. The first-order chi connectivity index (χ1) is 11.6. The molecule has 0 spiro atoms. The fourth-order valence-corrected chi connectivity index (χ4v) is 3.66. The maximum Gasteiger partial charge on any atom is 0.261 e. The number of aromatic nitrogens is 2. The van der Waals surface area contributed by atoms with Gasteiger partial charge in [0, 0.05) is 23.5 Å². The Balaban J connectivity index is 0.00000225. The van der Waals surface area contributed by atoms with Gasteiger partial charge in [-0.2, -0.15) is 0 Å². The topological polar surface area (TPSA) is 90.0 Å². The Labute approximate surface area is 160 Å². The molecule has 2 aromatic rings. The molecular formula is C17H22BrClN4O2. The summed E-state index contributed by atoms with van der Waals surface area (Å²) in [6.07, 6.45) is 4.93. The summed E-state index contributed by atoms with van der Waals surface area (Å²) < 4.78 is 2.32. The fraction of sp³-hybridized carbons (Fsp3) is 0.471. The van der Waals surface area contributed by atoms with Gasteiger partial charge >= 0.3 is 0 Å². The minimum atomic E-state index is -0.130. The monoisotopic (exact) mass is 428 g/mol. The molecule has 1 heterocycles. The normalized spacial score (nSPS) is 19.6. The van der Waals surface area contributed by atoms with Crippen LogP contribution in [-0.2, 0) is 11.3 Å². The molecule has 1 saturated carbocycles. The second kappa shape index (κ2) is 8.78. The lowest BCUT2D eigenvalue weighted by molar-refractivity contribution is -0.122. The number of hydrogen-bond acceptors (Lipinski definition) is 4. The first kappa shape index (κ1) is 19.9. The molecule has 25 heavy (non-hydrogen) atoms. The smallest absolute Gasteiger partial charge is 0.261 e. The van der Waals surface area contributed by atoms with Crippen LogP contribution in [-0.4, -0.2) is 28.0 Å². The molecule has 1 aliphatic carbocycles. The van der Waals surface area contributed by atoms with E-state index >= 15 is 0 Å². The number of nitrogens with zero attached hydrogens (tertiary/aromatic N) is 2. The quantitative estimate of drug-likeness (QED) is 0.762. The lowest BCUT2D eigenvalue weighted by Gasteiger charge is -2.19. The highest BCUT2D eigenvalue weighted by molar-refractivity contribution is 9.10. The average Bonchev–Trinajstić information content (AvgIpc) is 3.02. The van der Waals surface area contributed by atoms with Crippen LogP contribution in [0.2, 0.25) is 0 Å². The van der Waals surface area contributed by atoms with E-state index in [1.807, 2.05) is 6.07 Å². The number of fused-ring (bicyclic) bond motifs is 1. The minimum Gasteiger partial charge on any atom is -0.353 e. The lowest BCUT2D eigenvalue weighted by atomic mass is 10.0. The second-order valence-corrected chi connectivity index (χ2v) is 7.17. The lowest BCUT2D eigenvalue weighted by Crippen LogP contribution is -2.40. The zero-order chi connectivity index (χ0) is 17.1. The third-order valence-electron chi connectivity index (χ3n) is 4.67. The van der Waals surface area contributed by atoms with Gasteiger partial charge in [-0.25, -0.2) is 4.98 Å². The molecule has 1 fully saturated rings. The molecule has 136 valence electrons. The van der Waals surface area contributed by atoms with E-state index in [2.05, 4.69) is 26.2 Å². The number of carbonyl (C=O) groups excluding carboxylic acids is 1. The number of amides is 1. The molecule has 1 aliphatic rings. The van der Waals surface area contributed by atoms with Crippen LogP contribution in [0.1, 0.15) is 25.7 Å². The molecule has 3 rings (SSSR count). The van der Waals surface area contributed by atoms with Gasteiger partial charge < -0.3 is 11.1 Å². The maximum atomic E-state index is 12.5. The van der Waals surface area contributed by atoms with Gasteiger partial charge in [-0.1, -0.05) is 22.4 Å². The molecule has 8 heteroatoms. The largest absolute Gasteiger partial charge is 0.353 e. The van der Waals surface area contributed by atoms with Crippen molar-refractivity contribution in [3.05, 3.63) is 39.4 Å². The third-order valence-corrected chi connectivity index (χ3v) is 5.17. The van der Waals surface area contributed by atoms with E-state index in [-0.39, 0.29) is 36.3 Å². The average molecular weight is 430 g/mol. The van der Waals surface area contributed by atoms with Gasteiger partial charge in [0.2, 0.25) is 5.91 Å². The van der Waals surface area contributed by atoms with Crippen molar-refractivity contribution in [3.63, 3.8) is 0 Å². The maximum absolute atomic E-state index is 12.5. The summed E-state index contributed by atoms with van der Waals surface area (Å²) in [5.41, 5.74) is 6.26. The summed E-state index contributed by atoms with van der Waals surface area (Å²) in [7, 11) is 0. The van der Waals surface area contributed by atoms with E-state index in [1.54, 1.807) is 12.1 Å². The van der Waals surface area contributed by atoms with Crippen LogP contribution in [0.15, 0.2) is 33.8 Å². The zero-order valence-corrected chi connectivity index (χ0v) is 16.2. The fourth-order valence-electron chi connectivity index (χ4n) is 3.30. The van der Waals surface area contributed by atoms with Crippen molar-refractivity contribution in [1.29, 1.82) is 0 Å². The molecule has 1 aromatic carbocycles. The number of benzene rings is 1. The van der Waals surface area contributed by atoms with Gasteiger partial charge in [0.05, 0.1) is 17.2 Å². The van der Waals surface area contributed by atoms with Crippen LogP contribution in [0.3, 0.4) is 0 Å². The van der Waals surface area contributed by atoms with E-state index in [0.717, 1.165) is 23.7 Å². The number of carbonyl (C=O) groups is 1. The minimum absolute atomic E-state index is 0. The molecule has 1 aromatic heterocycles. The summed E-state index contributed by atoms with van der Waals surface area (Å²) in [5.74, 6) is 0.331. The first-order valence-corrected chi connectivity index (χ1v) is 9.02. The van der Waals surface area contributed by atoms with Crippen LogP contribution in [0.4, 0.5) is 0 Å². The van der Waals surface area contributed by atoms with Gasteiger partial charge in [0.25, 0.3) is 5.56 Å². The summed E-state index contributed by atoms with van der Waals surface area (Å²) in [5, 5.41) is 3.60. The zero-order valence-electron chi connectivity index (χ0n) is 13.8. The van der Waals surface area contributed by atoms with Crippen molar-refractivity contribution in [3.8, 4) is 0 Å². The van der Waals surface area contributed by atoms with E-state index < -0.39 is 0 Å². The standard InChI is InChI=1S/C17H21BrN4O2.ClH/c18-12-4-5-15-13(8-12)17(24)22(10-20-15)7-6-16(23)21-14-3-1-2-11(14)9-19;/h4-5,8,10-11,14H,1-3,6-7,9,19H2,(H,21,23);1H. The van der Waals surface area contributed by atoms with Crippen LogP contribution < -0.4 is 16.6 Å². The van der Waals surface area contributed by atoms with Crippen molar-refractivity contribution in [2.24, 2.45) is 11.7 Å². The van der Waals surface area contributed by atoms with Gasteiger partial charge in [0.1, 0.15) is 0 Å². The molecule has 0 radical (unpaired) electrons. The highest BCUT2D eigenvalue weighted by Gasteiger charge is 2.27. The number of nitrogens with two attached hydrogens (primary N) is 1. The Hall–Kier alpha value is -1.44. The van der Waals surface area contributed by atoms with Crippen LogP contribution >= 0.6 is 28.3 Å². The highest BCUT2D eigenvalue weighted by Crippen LogP contribution is 2.24. The molecule has 6 nitrogen and oxygen atoms in total. The molecule has 0 bridgehead atoms. The van der Waals surface area contributed by atoms with E-state index in [9.17, 15) is 9.59 Å². The van der Waals surface area contributed by atoms with E-state index in [1.165, 1.54) is 10.9 Å². The summed E-state index contributed by atoms with van der Waals surface area (Å²) >= 11 is 3.36. The summed E-state index contributed by atoms with van der Waals surface area (Å²) in [6.45, 7) is 0.925. The Morgan fingerprint density at radius 1 is 1.40 bits per heavy atom. The Bertz CT molecular complexity index is 811. The van der Waals surface area contributed by atoms with Crippen molar-refractivity contribution in [2.45, 2.75) is 38.3 Å². The Morgan fingerprint density at radius 3 is 2.96 bits per heavy atom. The Kier molecular flexibility index (Phi) is 6.98. The Morgan fingerprint density at radius 2 is 2.20 bits per heavy atom. The van der Waals surface area contributed by atoms with Gasteiger partial charge in [-0.3, -0.25) is 14.2 Å². The number of rotatable bonds is 5. The van der Waals surface area contributed by atoms with Crippen LogP contribution in [0.25, 0.3) is 10.9 Å². The van der Waals surface area contributed by atoms with Crippen molar-refractivity contribution in [1.82, 2.24) is 14.9 Å². The van der Waals surface area contributed by atoms with Gasteiger partial charge in [-0.05, 0) is 43.5 Å². The molecule has 0 saturated heterocycles. The van der Waals surface area contributed by atoms with Gasteiger partial charge in [-0.15, -0.1) is 12.4 Å². The molecule has 3 N–H and O–H groups in total. The SMILES string of the molecule is Cl.NCC1CCCC1NC(=O)CCn1cnc2ccc(Br)cc2c1=O. The first-order valence-electron chi connectivity index (χ1n) is 8.22. The summed E-state index contributed by atoms with van der Waals surface area (Å²) in [4.78, 5) is 28.9. The van der Waals surface area contributed by atoms with Crippen molar-refractivity contribution in [2.75, 3.05) is 6.54 Å². The molecular weight excluding hydrogens is 408 g/mol. The third kappa shape index (κ3) is 4.59. The summed E-state index contributed by atoms with van der Waals surface area (Å²) in [6, 6.07) is 5.57. The van der Waals surface area contributed by atoms with Gasteiger partial charge in [0.15, 0.2) is 0 Å². The number of halogens is 2. The van der Waals surface area contributed by atoms with E-state index in [0.29, 0.717) is 29.9 Å². The van der Waals surface area contributed by atoms with Crippen molar-refractivity contribution < 1.29 is 4.79 Å². The van der Waals surface area contributed by atoms with Crippen LogP contribution in [0.5, 0.6) is 0 Å². The number of hydrogen-bond donors (Lipinski definition) is 2. The molecule has 2 unspecified atom stereocenters. The number of aryl methyl sites for hydroxylation is 1. The molecule has 2 atom stereocenters. The number of nitrogens with one attached hydrogen (secondary N) is 1. The van der Waals surface area contributed by atoms with Crippen molar-refractivity contribution >= 4 is 45.1 Å². The molecule has 0 aliphatic heterocycles. The predicted octanol–water partition coefficient (Wildman–Crippen LogP) is 2.21. The van der Waals surface area contributed by atoms with E-state index in [4.69, 9.17) is 5.73 Å². The molecule has 1 amide bonds. The van der Waals surface area contributed by atoms with Crippen LogP contribution in [0, 0.1) is 5.92 Å². The highest BCUT2D eigenvalue weighted by atomic mass is 79.9. The second-order valence-electron chi connectivity index (χ2n) is 6.26.